The van der Waals surface area contributed by atoms with Crippen molar-refractivity contribution in [3.8, 4) is 33.8 Å². The molecule has 0 aliphatic carbocycles. The molecule has 0 spiro atoms. The van der Waals surface area contributed by atoms with Gasteiger partial charge in [0.1, 0.15) is 11.5 Å². The van der Waals surface area contributed by atoms with E-state index in [1.165, 1.54) is 59.8 Å². The Morgan fingerprint density at radius 2 is 1.09 bits per heavy atom. The molecule has 7 aromatic carbocycles. The average Bonchev–Trinajstić information content (AvgIpc) is 2.91. The van der Waals surface area contributed by atoms with Gasteiger partial charge in [-0.15, -0.1) is 0 Å². The molecule has 35 heavy (non-hydrogen) atoms. The number of rotatable bonds is 1. The van der Waals surface area contributed by atoms with Crippen LogP contribution in [-0.2, 0) is 0 Å². The van der Waals surface area contributed by atoms with E-state index in [0.717, 1.165) is 17.1 Å². The molecule has 0 fully saturated rings. The van der Waals surface area contributed by atoms with Gasteiger partial charge in [0.15, 0.2) is 0 Å². The van der Waals surface area contributed by atoms with Crippen molar-refractivity contribution in [3.05, 3.63) is 121 Å². The standard InChI is InChI=1S/C34H20O/c1-2-10-26-21(7-1)15-16-23-17-22-8-5-12-27(29(22)20-30(23)26)25-18-24-9-6-14-33-34(24)31(19-25)28-11-3-4-13-32(28)35-33/h1-20H. The molecular weight excluding hydrogens is 424 g/mol. The van der Waals surface area contributed by atoms with Crippen LogP contribution in [0.3, 0.4) is 0 Å². The second-order valence-electron chi connectivity index (χ2n) is 9.36. The van der Waals surface area contributed by atoms with Crippen molar-refractivity contribution in [3.63, 3.8) is 0 Å². The molecule has 0 saturated heterocycles. The Bertz CT molecular complexity index is 1980. The van der Waals surface area contributed by atoms with E-state index in [4.69, 9.17) is 4.74 Å². The fourth-order valence-electron chi connectivity index (χ4n) is 5.78. The van der Waals surface area contributed by atoms with Crippen molar-refractivity contribution in [1.29, 1.82) is 0 Å². The zero-order valence-corrected chi connectivity index (χ0v) is 19.0. The van der Waals surface area contributed by atoms with Gasteiger partial charge >= 0.3 is 0 Å². The highest BCUT2D eigenvalue weighted by Gasteiger charge is 2.21. The Morgan fingerprint density at radius 1 is 0.371 bits per heavy atom. The molecule has 1 heterocycles. The van der Waals surface area contributed by atoms with Gasteiger partial charge in [0.05, 0.1) is 0 Å². The third-order valence-electron chi connectivity index (χ3n) is 7.39. The molecule has 0 amide bonds. The molecule has 0 atom stereocenters. The number of hydrogen-bond donors (Lipinski definition) is 0. The lowest BCUT2D eigenvalue weighted by atomic mass is 9.88. The lowest BCUT2D eigenvalue weighted by molar-refractivity contribution is 0.487. The molecule has 1 aliphatic rings. The highest BCUT2D eigenvalue weighted by atomic mass is 16.5. The van der Waals surface area contributed by atoms with Gasteiger partial charge < -0.3 is 4.74 Å². The number of benzene rings is 7. The topological polar surface area (TPSA) is 9.23 Å². The Kier molecular flexibility index (Phi) is 3.72. The largest absolute Gasteiger partial charge is 0.456 e. The molecule has 7 aromatic rings. The summed E-state index contributed by atoms with van der Waals surface area (Å²) in [6.45, 7) is 0. The molecule has 0 bridgehead atoms. The normalized spacial score (nSPS) is 12.2. The molecule has 0 radical (unpaired) electrons. The fraction of sp³-hybridized carbons (Fsp3) is 0. The number of fused-ring (bicyclic) bond motifs is 6. The van der Waals surface area contributed by atoms with E-state index >= 15 is 0 Å². The van der Waals surface area contributed by atoms with E-state index in [1.807, 2.05) is 6.07 Å². The lowest BCUT2D eigenvalue weighted by Crippen LogP contribution is -1.97. The van der Waals surface area contributed by atoms with Crippen LogP contribution in [0.15, 0.2) is 121 Å². The maximum absolute atomic E-state index is 6.25. The summed E-state index contributed by atoms with van der Waals surface area (Å²) in [7, 11) is 0. The number of ether oxygens (including phenoxy) is 1. The zero-order chi connectivity index (χ0) is 22.9. The minimum atomic E-state index is 0.917. The summed E-state index contributed by atoms with van der Waals surface area (Å²) >= 11 is 0. The summed E-state index contributed by atoms with van der Waals surface area (Å²) in [4.78, 5) is 0. The van der Waals surface area contributed by atoms with Crippen molar-refractivity contribution in [1.82, 2.24) is 0 Å². The Labute approximate surface area is 202 Å². The zero-order valence-electron chi connectivity index (χ0n) is 19.0. The lowest BCUT2D eigenvalue weighted by Gasteiger charge is -2.22. The minimum Gasteiger partial charge on any atom is -0.456 e. The van der Waals surface area contributed by atoms with Crippen LogP contribution in [0.25, 0.3) is 65.3 Å². The summed E-state index contributed by atoms with van der Waals surface area (Å²) in [5.41, 5.74) is 4.87. The monoisotopic (exact) mass is 444 g/mol. The summed E-state index contributed by atoms with van der Waals surface area (Å²) in [6, 6.07) is 43.8. The smallest absolute Gasteiger partial charge is 0.135 e. The Balaban J connectivity index is 1.46. The van der Waals surface area contributed by atoms with Crippen LogP contribution in [0.1, 0.15) is 0 Å². The van der Waals surface area contributed by atoms with Gasteiger partial charge in [-0.3, -0.25) is 0 Å². The van der Waals surface area contributed by atoms with Gasteiger partial charge in [-0.05, 0) is 90.8 Å². The molecule has 8 rings (SSSR count). The van der Waals surface area contributed by atoms with E-state index in [1.54, 1.807) is 0 Å². The third kappa shape index (κ3) is 2.70. The molecule has 0 N–H and O–H groups in total. The molecule has 0 aromatic heterocycles. The molecule has 162 valence electrons. The molecule has 1 nitrogen and oxygen atoms in total. The summed E-state index contributed by atoms with van der Waals surface area (Å²) in [5.74, 6) is 1.85. The SMILES string of the molecule is c1ccc2c(c1)Oc1cccc3cc(-c4cccc5cc6ccc7ccccc7c6cc45)cc-2c13. The number of para-hydroxylation sites is 1. The maximum Gasteiger partial charge on any atom is 0.135 e. The van der Waals surface area contributed by atoms with E-state index in [-0.39, 0.29) is 0 Å². The van der Waals surface area contributed by atoms with Crippen LogP contribution >= 0.6 is 0 Å². The Morgan fingerprint density at radius 3 is 2.09 bits per heavy atom. The van der Waals surface area contributed by atoms with Crippen LogP contribution in [0, 0.1) is 0 Å². The first kappa shape index (κ1) is 18.8. The van der Waals surface area contributed by atoms with Crippen molar-refractivity contribution in [2.45, 2.75) is 0 Å². The van der Waals surface area contributed by atoms with E-state index in [9.17, 15) is 0 Å². The first-order valence-electron chi connectivity index (χ1n) is 12.0. The fourth-order valence-corrected chi connectivity index (χ4v) is 5.78. The third-order valence-corrected chi connectivity index (χ3v) is 7.39. The van der Waals surface area contributed by atoms with Crippen molar-refractivity contribution >= 4 is 43.1 Å². The predicted molar refractivity (Wildman–Crippen MR) is 147 cm³/mol. The van der Waals surface area contributed by atoms with E-state index in [2.05, 4.69) is 115 Å². The average molecular weight is 445 g/mol. The van der Waals surface area contributed by atoms with Crippen LogP contribution in [-0.4, -0.2) is 0 Å². The van der Waals surface area contributed by atoms with Crippen LogP contribution in [0.4, 0.5) is 0 Å². The highest BCUT2D eigenvalue weighted by Crippen LogP contribution is 2.48. The molecule has 1 aliphatic heterocycles. The number of hydrogen-bond acceptors (Lipinski definition) is 1. The maximum atomic E-state index is 6.25. The van der Waals surface area contributed by atoms with Crippen LogP contribution in [0.5, 0.6) is 11.5 Å². The second kappa shape index (κ2) is 6.94. The van der Waals surface area contributed by atoms with Gasteiger partial charge in [0.2, 0.25) is 0 Å². The summed E-state index contributed by atoms with van der Waals surface area (Å²) in [6.07, 6.45) is 0. The van der Waals surface area contributed by atoms with Gasteiger partial charge in [0.25, 0.3) is 0 Å². The molecule has 0 unspecified atom stereocenters. The van der Waals surface area contributed by atoms with Gasteiger partial charge in [-0.25, -0.2) is 0 Å². The van der Waals surface area contributed by atoms with Gasteiger partial charge in [0, 0.05) is 10.9 Å². The first-order valence-corrected chi connectivity index (χ1v) is 12.0. The first-order chi connectivity index (χ1) is 17.3. The highest BCUT2D eigenvalue weighted by molar-refractivity contribution is 6.15. The second-order valence-corrected chi connectivity index (χ2v) is 9.36. The van der Waals surface area contributed by atoms with E-state index in [0.29, 0.717) is 0 Å². The molecule has 1 heteroatoms. The van der Waals surface area contributed by atoms with Crippen molar-refractivity contribution in [2.24, 2.45) is 0 Å². The van der Waals surface area contributed by atoms with E-state index < -0.39 is 0 Å². The summed E-state index contributed by atoms with van der Waals surface area (Å²) < 4.78 is 6.25. The molecule has 0 saturated carbocycles. The van der Waals surface area contributed by atoms with Crippen molar-refractivity contribution in [2.75, 3.05) is 0 Å². The Hall–Kier alpha value is -4.62. The molecular formula is C34H20O. The quantitative estimate of drug-likeness (QED) is 0.181. The summed E-state index contributed by atoms with van der Waals surface area (Å²) in [5, 5.41) is 10.1. The van der Waals surface area contributed by atoms with Gasteiger partial charge in [-0.1, -0.05) is 84.9 Å². The van der Waals surface area contributed by atoms with Crippen LogP contribution < -0.4 is 4.74 Å². The van der Waals surface area contributed by atoms with Crippen molar-refractivity contribution < 1.29 is 4.74 Å². The minimum absolute atomic E-state index is 0.917. The van der Waals surface area contributed by atoms with Gasteiger partial charge in [-0.2, -0.15) is 0 Å². The van der Waals surface area contributed by atoms with Crippen LogP contribution in [0.2, 0.25) is 0 Å². The predicted octanol–water partition coefficient (Wildman–Crippen LogP) is 9.74.